The van der Waals surface area contributed by atoms with Crippen molar-refractivity contribution in [2.45, 2.75) is 26.3 Å². The van der Waals surface area contributed by atoms with Crippen molar-refractivity contribution < 1.29 is 9.90 Å². The van der Waals surface area contributed by atoms with Crippen LogP contribution in [0.4, 0.5) is 0 Å². The molecular weight excluding hydrogens is 186 g/mol. The van der Waals surface area contributed by atoms with Crippen molar-refractivity contribution in [1.82, 2.24) is 5.32 Å². The Morgan fingerprint density at radius 1 is 1.54 bits per heavy atom. The van der Waals surface area contributed by atoms with Gasteiger partial charge in [0.25, 0.3) is 0 Å². The highest BCUT2D eigenvalue weighted by Crippen LogP contribution is 2.00. The molecule has 0 heterocycles. The fourth-order valence-electron chi connectivity index (χ4n) is 0.862. The fourth-order valence-corrected chi connectivity index (χ4v) is 1.45. The van der Waals surface area contributed by atoms with Gasteiger partial charge < -0.3 is 10.4 Å². The van der Waals surface area contributed by atoms with E-state index in [9.17, 15) is 4.79 Å². The maximum Gasteiger partial charge on any atom is 0.307 e. The van der Waals surface area contributed by atoms with Gasteiger partial charge in [0.15, 0.2) is 0 Å². The van der Waals surface area contributed by atoms with Crippen LogP contribution in [0.25, 0.3) is 0 Å². The lowest BCUT2D eigenvalue weighted by molar-refractivity contribution is -0.140. The molecule has 0 saturated carbocycles. The molecule has 0 aromatic rings. The summed E-state index contributed by atoms with van der Waals surface area (Å²) < 4.78 is 0. The topological polar surface area (TPSA) is 49.3 Å². The summed E-state index contributed by atoms with van der Waals surface area (Å²) in [5.41, 5.74) is 0. The second kappa shape index (κ2) is 7.21. The van der Waals surface area contributed by atoms with Gasteiger partial charge in [-0.15, -0.1) is 0 Å². The summed E-state index contributed by atoms with van der Waals surface area (Å²) in [7, 11) is 0. The number of aliphatic carboxylic acids is 1. The first-order valence-corrected chi connectivity index (χ1v) is 5.92. The third-order valence-corrected chi connectivity index (χ3v) is 2.59. The van der Waals surface area contributed by atoms with Gasteiger partial charge in [0.1, 0.15) is 0 Å². The Morgan fingerprint density at radius 3 is 2.62 bits per heavy atom. The van der Waals surface area contributed by atoms with Crippen LogP contribution in [0.15, 0.2) is 0 Å². The van der Waals surface area contributed by atoms with E-state index in [1.165, 1.54) is 0 Å². The molecule has 0 radical (unpaired) electrons. The molecule has 0 rings (SSSR count). The minimum atomic E-state index is -0.732. The lowest BCUT2D eigenvalue weighted by Gasteiger charge is -2.14. The van der Waals surface area contributed by atoms with Crippen LogP contribution in [0.5, 0.6) is 0 Å². The third-order valence-electron chi connectivity index (χ3n) is 1.95. The molecule has 0 spiro atoms. The van der Waals surface area contributed by atoms with Crippen molar-refractivity contribution in [3.63, 3.8) is 0 Å². The minimum Gasteiger partial charge on any atom is -0.481 e. The van der Waals surface area contributed by atoms with Gasteiger partial charge in [0.2, 0.25) is 0 Å². The van der Waals surface area contributed by atoms with Crippen LogP contribution >= 0.6 is 11.8 Å². The van der Waals surface area contributed by atoms with E-state index in [2.05, 4.69) is 18.5 Å². The third kappa shape index (κ3) is 6.90. The Labute approximate surface area is 84.3 Å². The summed E-state index contributed by atoms with van der Waals surface area (Å²) in [6.07, 6.45) is 3.17. The monoisotopic (exact) mass is 205 g/mol. The van der Waals surface area contributed by atoms with Gasteiger partial charge in [-0.25, -0.2) is 0 Å². The van der Waals surface area contributed by atoms with E-state index >= 15 is 0 Å². The SMILES string of the molecule is CSCCC(C)NCC(C)C(=O)O. The second-order valence-corrected chi connectivity index (χ2v) is 4.32. The van der Waals surface area contributed by atoms with Crippen LogP contribution in [0.1, 0.15) is 20.3 Å². The average Bonchev–Trinajstić information content (AvgIpc) is 2.10. The number of carboxylic acids is 1. The summed E-state index contributed by atoms with van der Waals surface area (Å²) >= 11 is 1.81. The largest absolute Gasteiger partial charge is 0.481 e. The average molecular weight is 205 g/mol. The maximum absolute atomic E-state index is 10.5. The molecule has 78 valence electrons. The molecule has 0 fully saturated rings. The molecule has 0 aliphatic carbocycles. The molecule has 0 aliphatic rings. The highest BCUT2D eigenvalue weighted by molar-refractivity contribution is 7.98. The number of carboxylic acid groups (broad SMARTS) is 1. The van der Waals surface area contributed by atoms with Crippen LogP contribution in [-0.2, 0) is 4.79 Å². The normalized spacial score (nSPS) is 15.3. The summed E-state index contributed by atoms with van der Waals surface area (Å²) in [5, 5.41) is 11.8. The predicted octanol–water partition coefficient (Wildman–Crippen LogP) is 1.44. The van der Waals surface area contributed by atoms with Crippen molar-refractivity contribution in [2.24, 2.45) is 5.92 Å². The Hall–Kier alpha value is -0.220. The summed E-state index contributed by atoms with van der Waals surface area (Å²) in [4.78, 5) is 10.5. The van der Waals surface area contributed by atoms with Gasteiger partial charge in [-0.1, -0.05) is 6.92 Å². The van der Waals surface area contributed by atoms with E-state index in [4.69, 9.17) is 5.11 Å². The van der Waals surface area contributed by atoms with Gasteiger partial charge in [-0.05, 0) is 25.4 Å². The van der Waals surface area contributed by atoms with Crippen LogP contribution in [0.2, 0.25) is 0 Å². The zero-order chi connectivity index (χ0) is 10.3. The number of thioether (sulfide) groups is 1. The van der Waals surface area contributed by atoms with Crippen molar-refractivity contribution in [3.8, 4) is 0 Å². The van der Waals surface area contributed by atoms with Gasteiger partial charge in [0.05, 0.1) is 5.92 Å². The van der Waals surface area contributed by atoms with Crippen molar-refractivity contribution in [1.29, 1.82) is 0 Å². The summed E-state index contributed by atoms with van der Waals surface area (Å²) in [6.45, 7) is 4.37. The van der Waals surface area contributed by atoms with Crippen molar-refractivity contribution >= 4 is 17.7 Å². The van der Waals surface area contributed by atoms with Gasteiger partial charge >= 0.3 is 5.97 Å². The highest BCUT2D eigenvalue weighted by atomic mass is 32.2. The molecule has 4 heteroatoms. The van der Waals surface area contributed by atoms with Crippen LogP contribution in [0.3, 0.4) is 0 Å². The number of rotatable bonds is 7. The molecule has 0 aromatic heterocycles. The number of carbonyl (C=O) groups is 1. The molecule has 0 aromatic carbocycles. The first-order chi connectivity index (χ1) is 6.07. The van der Waals surface area contributed by atoms with Crippen molar-refractivity contribution in [3.05, 3.63) is 0 Å². The lowest BCUT2D eigenvalue weighted by atomic mass is 10.1. The van der Waals surface area contributed by atoms with Gasteiger partial charge in [0, 0.05) is 12.6 Å². The molecule has 0 aliphatic heterocycles. The van der Waals surface area contributed by atoms with Gasteiger partial charge in [-0.3, -0.25) is 4.79 Å². The standard InChI is InChI=1S/C9H19NO2S/c1-7(9(11)12)6-10-8(2)4-5-13-3/h7-8,10H,4-6H2,1-3H3,(H,11,12). The van der Waals surface area contributed by atoms with E-state index in [1.54, 1.807) is 6.92 Å². The first-order valence-electron chi connectivity index (χ1n) is 4.53. The van der Waals surface area contributed by atoms with Crippen LogP contribution in [-0.4, -0.2) is 35.7 Å². The number of hydrogen-bond donors (Lipinski definition) is 2. The minimum absolute atomic E-state index is 0.295. The Morgan fingerprint density at radius 2 is 2.15 bits per heavy atom. The molecule has 2 unspecified atom stereocenters. The van der Waals surface area contributed by atoms with Gasteiger partial charge in [-0.2, -0.15) is 11.8 Å². The molecule has 2 atom stereocenters. The lowest BCUT2D eigenvalue weighted by Crippen LogP contribution is -2.33. The summed E-state index contributed by atoms with van der Waals surface area (Å²) in [5.74, 6) is 0.0941. The predicted molar refractivity (Wildman–Crippen MR) is 57.3 cm³/mol. The van der Waals surface area contributed by atoms with Crippen LogP contribution < -0.4 is 5.32 Å². The molecule has 0 saturated heterocycles. The number of nitrogens with one attached hydrogen (secondary N) is 1. The first kappa shape index (κ1) is 12.8. The molecule has 0 amide bonds. The Kier molecular flexibility index (Phi) is 7.09. The number of hydrogen-bond acceptors (Lipinski definition) is 3. The molecule has 13 heavy (non-hydrogen) atoms. The van der Waals surface area contributed by atoms with E-state index in [0.717, 1.165) is 12.2 Å². The van der Waals surface area contributed by atoms with Crippen molar-refractivity contribution in [2.75, 3.05) is 18.6 Å². The molecule has 0 bridgehead atoms. The maximum atomic E-state index is 10.5. The Bertz CT molecular complexity index is 153. The molecule has 3 nitrogen and oxygen atoms in total. The Balaban J connectivity index is 3.45. The quantitative estimate of drug-likeness (QED) is 0.660. The fraction of sp³-hybridized carbons (Fsp3) is 0.889. The van der Waals surface area contributed by atoms with Crippen LogP contribution in [0, 0.1) is 5.92 Å². The van der Waals surface area contributed by atoms with E-state index in [1.807, 2.05) is 11.8 Å². The highest BCUT2D eigenvalue weighted by Gasteiger charge is 2.11. The smallest absolute Gasteiger partial charge is 0.307 e. The van der Waals surface area contributed by atoms with E-state index in [0.29, 0.717) is 12.6 Å². The zero-order valence-electron chi connectivity index (χ0n) is 8.54. The second-order valence-electron chi connectivity index (χ2n) is 3.33. The summed E-state index contributed by atoms with van der Waals surface area (Å²) in [6, 6.07) is 0.411. The van der Waals surface area contributed by atoms with E-state index in [-0.39, 0.29) is 5.92 Å². The van der Waals surface area contributed by atoms with E-state index < -0.39 is 5.97 Å². The zero-order valence-corrected chi connectivity index (χ0v) is 9.36. The molecule has 2 N–H and O–H groups in total. The molecular formula is C9H19NO2S.